The fraction of sp³-hybridized carbons (Fsp3) is 0.381. The number of rotatable bonds is 10. The lowest BCUT2D eigenvalue weighted by atomic mass is 10.0. The molecule has 0 bridgehead atoms. The van der Waals surface area contributed by atoms with Crippen LogP contribution in [0.4, 0.5) is 4.79 Å². The number of halogens is 1. The average molecular weight is 486 g/mol. The Hall–Kier alpha value is -1.78. The van der Waals surface area contributed by atoms with E-state index in [1.54, 1.807) is 36.0 Å². The first-order valence-electron chi connectivity index (χ1n) is 9.67. The van der Waals surface area contributed by atoms with Gasteiger partial charge in [0, 0.05) is 10.1 Å². The van der Waals surface area contributed by atoms with E-state index in [0.29, 0.717) is 15.8 Å². The molecule has 0 saturated heterocycles. The largest absolute Gasteiger partial charge is 0.445 e. The lowest BCUT2D eigenvalue weighted by Gasteiger charge is -2.24. The number of hydrogen-bond donors (Lipinski definition) is 2. The highest BCUT2D eigenvalue weighted by molar-refractivity contribution is 8.00. The predicted octanol–water partition coefficient (Wildman–Crippen LogP) is 3.90. The SMILES string of the molecule is CS(=O)(=O)OC[C@@H](NC(=O)OCc1ccccc1)[C@H](O)c1ccc(SC2CC2)c(Cl)c1. The van der Waals surface area contributed by atoms with Crippen molar-refractivity contribution in [1.82, 2.24) is 5.32 Å². The van der Waals surface area contributed by atoms with E-state index in [1.807, 2.05) is 24.3 Å². The van der Waals surface area contributed by atoms with Gasteiger partial charge in [-0.3, -0.25) is 4.18 Å². The summed E-state index contributed by atoms with van der Waals surface area (Å²) in [4.78, 5) is 13.2. The molecule has 1 aliphatic rings. The highest BCUT2D eigenvalue weighted by Gasteiger charge is 2.27. The van der Waals surface area contributed by atoms with E-state index >= 15 is 0 Å². The number of thioether (sulfide) groups is 1. The number of nitrogens with one attached hydrogen (secondary N) is 1. The lowest BCUT2D eigenvalue weighted by Crippen LogP contribution is -2.43. The van der Waals surface area contributed by atoms with Gasteiger partial charge in [-0.15, -0.1) is 11.8 Å². The van der Waals surface area contributed by atoms with Gasteiger partial charge in [0.15, 0.2) is 0 Å². The van der Waals surface area contributed by atoms with Crippen LogP contribution >= 0.6 is 23.4 Å². The third-order valence-electron chi connectivity index (χ3n) is 4.47. The average Bonchev–Trinajstić information content (AvgIpc) is 3.55. The number of carbonyl (C=O) groups is 1. The molecule has 2 atom stereocenters. The maximum Gasteiger partial charge on any atom is 0.407 e. The molecule has 0 heterocycles. The number of ether oxygens (including phenoxy) is 1. The van der Waals surface area contributed by atoms with Gasteiger partial charge in [0.2, 0.25) is 0 Å². The molecule has 1 saturated carbocycles. The molecule has 0 radical (unpaired) electrons. The Morgan fingerprint density at radius 1 is 1.26 bits per heavy atom. The zero-order valence-corrected chi connectivity index (χ0v) is 19.3. The smallest absolute Gasteiger partial charge is 0.407 e. The first-order chi connectivity index (χ1) is 14.7. The van der Waals surface area contributed by atoms with E-state index in [1.165, 1.54) is 0 Å². The second kappa shape index (κ2) is 10.7. The number of aliphatic hydroxyl groups is 1. The highest BCUT2D eigenvalue weighted by Crippen LogP contribution is 2.42. The maximum atomic E-state index is 12.3. The fourth-order valence-corrected chi connectivity index (χ4v) is 4.48. The topological polar surface area (TPSA) is 102 Å². The van der Waals surface area contributed by atoms with Crippen LogP contribution in [0.2, 0.25) is 5.02 Å². The van der Waals surface area contributed by atoms with Crippen LogP contribution in [-0.4, -0.2) is 43.8 Å². The molecule has 1 aliphatic carbocycles. The van der Waals surface area contributed by atoms with Gasteiger partial charge in [0.05, 0.1) is 23.9 Å². The van der Waals surface area contributed by atoms with Gasteiger partial charge < -0.3 is 15.2 Å². The Morgan fingerprint density at radius 2 is 1.97 bits per heavy atom. The molecule has 1 amide bonds. The van der Waals surface area contributed by atoms with Crippen LogP contribution in [0.1, 0.15) is 30.1 Å². The first-order valence-corrected chi connectivity index (χ1v) is 12.7. The summed E-state index contributed by atoms with van der Waals surface area (Å²) in [5.41, 5.74) is 1.22. The number of benzene rings is 2. The maximum absolute atomic E-state index is 12.3. The van der Waals surface area contributed by atoms with Crippen molar-refractivity contribution < 1.29 is 27.2 Å². The van der Waals surface area contributed by atoms with Crippen LogP contribution in [0.5, 0.6) is 0 Å². The number of hydrogen-bond acceptors (Lipinski definition) is 7. The van der Waals surface area contributed by atoms with E-state index < -0.39 is 35.0 Å². The molecule has 0 spiro atoms. The molecule has 10 heteroatoms. The molecule has 31 heavy (non-hydrogen) atoms. The summed E-state index contributed by atoms with van der Waals surface area (Å²) in [5.74, 6) is 0. The Bertz CT molecular complexity index is 998. The van der Waals surface area contributed by atoms with Crippen molar-refractivity contribution in [1.29, 1.82) is 0 Å². The minimum absolute atomic E-state index is 0.0291. The molecule has 0 aliphatic heterocycles. The van der Waals surface area contributed by atoms with Gasteiger partial charge in [-0.1, -0.05) is 48.0 Å². The van der Waals surface area contributed by atoms with E-state index in [-0.39, 0.29) is 6.61 Å². The zero-order chi connectivity index (χ0) is 22.4. The van der Waals surface area contributed by atoms with Crippen molar-refractivity contribution >= 4 is 39.6 Å². The Morgan fingerprint density at radius 3 is 2.58 bits per heavy atom. The van der Waals surface area contributed by atoms with Crippen molar-refractivity contribution in [2.75, 3.05) is 12.9 Å². The standard InChI is InChI=1S/C21H24ClNO6S2/c1-31(26,27)29-13-18(23-21(25)28-12-14-5-3-2-4-6-14)20(24)15-7-10-19(17(22)11-15)30-16-8-9-16/h2-7,10-11,16,18,20,24H,8-9,12-13H2,1H3,(H,23,25)/t18-,20-/m1/s1. The summed E-state index contributed by atoms with van der Waals surface area (Å²) < 4.78 is 32.8. The zero-order valence-electron chi connectivity index (χ0n) is 16.9. The molecule has 2 aromatic carbocycles. The van der Waals surface area contributed by atoms with E-state index in [4.69, 9.17) is 20.5 Å². The molecule has 0 unspecified atom stereocenters. The number of carbonyl (C=O) groups excluding carboxylic acids is 1. The van der Waals surface area contributed by atoms with Crippen LogP contribution in [-0.2, 0) is 25.6 Å². The van der Waals surface area contributed by atoms with Gasteiger partial charge in [0.25, 0.3) is 10.1 Å². The van der Waals surface area contributed by atoms with Crippen LogP contribution in [0, 0.1) is 0 Å². The molecule has 2 aromatic rings. The molecule has 0 aromatic heterocycles. The monoisotopic (exact) mass is 485 g/mol. The van der Waals surface area contributed by atoms with Gasteiger partial charge >= 0.3 is 6.09 Å². The van der Waals surface area contributed by atoms with Crippen LogP contribution in [0.25, 0.3) is 0 Å². The molecular weight excluding hydrogens is 462 g/mol. The molecule has 3 rings (SSSR count). The van der Waals surface area contributed by atoms with Gasteiger partial charge in [0.1, 0.15) is 12.7 Å². The van der Waals surface area contributed by atoms with Crippen molar-refractivity contribution in [3.8, 4) is 0 Å². The van der Waals surface area contributed by atoms with E-state index in [9.17, 15) is 18.3 Å². The lowest BCUT2D eigenvalue weighted by molar-refractivity contribution is 0.0829. The fourth-order valence-electron chi connectivity index (χ4n) is 2.72. The number of aliphatic hydroxyl groups excluding tert-OH is 1. The van der Waals surface area contributed by atoms with Crippen molar-refractivity contribution in [2.24, 2.45) is 0 Å². The summed E-state index contributed by atoms with van der Waals surface area (Å²) in [6.45, 7) is -0.433. The van der Waals surface area contributed by atoms with E-state index in [2.05, 4.69) is 5.32 Å². The van der Waals surface area contributed by atoms with Gasteiger partial charge in [-0.25, -0.2) is 4.79 Å². The molecule has 2 N–H and O–H groups in total. The normalized spacial score (nSPS) is 15.8. The van der Waals surface area contributed by atoms with Crippen molar-refractivity contribution in [2.45, 2.75) is 41.7 Å². The third kappa shape index (κ3) is 8.01. The Kier molecular flexibility index (Phi) is 8.23. The summed E-state index contributed by atoms with van der Waals surface area (Å²) in [6.07, 6.45) is 1.14. The predicted molar refractivity (Wildman–Crippen MR) is 120 cm³/mol. The van der Waals surface area contributed by atoms with Gasteiger partial charge in [-0.2, -0.15) is 8.42 Å². The number of alkyl carbamates (subject to hydrolysis) is 1. The Labute approximate surface area is 191 Å². The summed E-state index contributed by atoms with van der Waals surface area (Å²) >= 11 is 8.04. The highest BCUT2D eigenvalue weighted by atomic mass is 35.5. The van der Waals surface area contributed by atoms with Crippen LogP contribution < -0.4 is 5.32 Å². The quantitative estimate of drug-likeness (QED) is 0.492. The van der Waals surface area contributed by atoms with Crippen molar-refractivity contribution in [3.63, 3.8) is 0 Å². The third-order valence-corrected chi connectivity index (χ3v) is 6.88. The minimum atomic E-state index is -3.78. The summed E-state index contributed by atoms with van der Waals surface area (Å²) in [7, 11) is -3.78. The summed E-state index contributed by atoms with van der Waals surface area (Å²) in [5, 5.41) is 14.4. The second-order valence-electron chi connectivity index (χ2n) is 7.25. The van der Waals surface area contributed by atoms with Crippen molar-refractivity contribution in [3.05, 3.63) is 64.7 Å². The Balaban J connectivity index is 1.67. The molecule has 168 valence electrons. The first kappa shape index (κ1) is 23.9. The van der Waals surface area contributed by atoms with Gasteiger partial charge in [-0.05, 0) is 36.1 Å². The molecule has 1 fully saturated rings. The minimum Gasteiger partial charge on any atom is -0.445 e. The second-order valence-corrected chi connectivity index (χ2v) is 10.6. The molecule has 7 nitrogen and oxygen atoms in total. The summed E-state index contributed by atoms with van der Waals surface area (Å²) in [6, 6.07) is 13.1. The number of amides is 1. The van der Waals surface area contributed by atoms with E-state index in [0.717, 1.165) is 29.6 Å². The van der Waals surface area contributed by atoms with Crippen LogP contribution in [0.15, 0.2) is 53.4 Å². The molecular formula is C21H24ClNO6S2. The van der Waals surface area contributed by atoms with Crippen LogP contribution in [0.3, 0.4) is 0 Å².